The van der Waals surface area contributed by atoms with Crippen molar-refractivity contribution in [2.45, 2.75) is 17.7 Å². The number of hydrazine groups is 1. The number of carbonyl (C=O) groups excluding carboxylic acids is 2. The van der Waals surface area contributed by atoms with Gasteiger partial charge in [0.25, 0.3) is 15.9 Å². The van der Waals surface area contributed by atoms with Crippen molar-refractivity contribution in [3.8, 4) is 11.5 Å². The monoisotopic (exact) mass is 419 g/mol. The van der Waals surface area contributed by atoms with Crippen molar-refractivity contribution in [3.05, 3.63) is 48.0 Å². The second-order valence-electron chi connectivity index (χ2n) is 6.30. The van der Waals surface area contributed by atoms with Crippen LogP contribution in [0.4, 0.5) is 5.69 Å². The Hall–Kier alpha value is -3.11. The molecule has 0 spiro atoms. The Bertz CT molecular complexity index is 998. The largest absolute Gasteiger partial charge is 0.497 e. The summed E-state index contributed by atoms with van der Waals surface area (Å²) in [7, 11) is -1.11. The van der Waals surface area contributed by atoms with E-state index in [1.54, 1.807) is 23.1 Å². The highest BCUT2D eigenvalue weighted by Gasteiger charge is 2.23. The third-order valence-electron chi connectivity index (χ3n) is 4.44. The standard InChI is InChI=1S/C19H21N3O6S/c1-27-15-10-13(11-16(12-15)28-2)19(24)20-21-29(25,26)17-7-5-14(6-8-17)22-9-3-4-18(22)23/h5-8,10-12,21H,3-4,9H2,1-2H3,(H,20,24). The lowest BCUT2D eigenvalue weighted by Crippen LogP contribution is -2.41. The van der Waals surface area contributed by atoms with Crippen LogP contribution in [0.1, 0.15) is 23.2 Å². The van der Waals surface area contributed by atoms with E-state index in [-0.39, 0.29) is 16.4 Å². The average molecular weight is 419 g/mol. The first-order chi connectivity index (χ1) is 13.8. The Labute approximate surface area is 168 Å². The highest BCUT2D eigenvalue weighted by Crippen LogP contribution is 2.24. The number of nitrogens with zero attached hydrogens (tertiary/aromatic N) is 1. The molecule has 2 amide bonds. The molecule has 1 aliphatic rings. The predicted molar refractivity (Wildman–Crippen MR) is 105 cm³/mol. The molecule has 3 rings (SSSR count). The Morgan fingerprint density at radius 3 is 2.17 bits per heavy atom. The van der Waals surface area contributed by atoms with E-state index >= 15 is 0 Å². The summed E-state index contributed by atoms with van der Waals surface area (Å²) in [6.45, 7) is 0.614. The van der Waals surface area contributed by atoms with Gasteiger partial charge in [0.1, 0.15) is 11.5 Å². The lowest BCUT2D eigenvalue weighted by molar-refractivity contribution is -0.117. The van der Waals surface area contributed by atoms with Crippen LogP contribution in [-0.4, -0.2) is 41.0 Å². The summed E-state index contributed by atoms with van der Waals surface area (Å²) >= 11 is 0. The van der Waals surface area contributed by atoms with E-state index in [0.29, 0.717) is 30.2 Å². The maximum absolute atomic E-state index is 12.5. The third kappa shape index (κ3) is 4.66. The number of nitrogens with one attached hydrogen (secondary N) is 2. The fourth-order valence-corrected chi connectivity index (χ4v) is 3.75. The Kier molecular flexibility index (Phi) is 6.04. The van der Waals surface area contributed by atoms with Gasteiger partial charge in [0.2, 0.25) is 5.91 Å². The summed E-state index contributed by atoms with van der Waals surface area (Å²) < 4.78 is 35.1. The predicted octanol–water partition coefficient (Wildman–Crippen LogP) is 1.45. The smallest absolute Gasteiger partial charge is 0.266 e. The van der Waals surface area contributed by atoms with E-state index in [4.69, 9.17) is 9.47 Å². The minimum atomic E-state index is -4.00. The molecule has 154 valence electrons. The van der Waals surface area contributed by atoms with Gasteiger partial charge in [0.05, 0.1) is 19.1 Å². The molecular weight excluding hydrogens is 398 g/mol. The van der Waals surface area contributed by atoms with E-state index in [9.17, 15) is 18.0 Å². The minimum Gasteiger partial charge on any atom is -0.497 e. The topological polar surface area (TPSA) is 114 Å². The first-order valence-electron chi connectivity index (χ1n) is 8.79. The SMILES string of the molecule is COc1cc(OC)cc(C(=O)NNS(=O)(=O)c2ccc(N3CCCC3=O)cc2)c1. The van der Waals surface area contributed by atoms with Crippen molar-refractivity contribution in [3.63, 3.8) is 0 Å². The van der Waals surface area contributed by atoms with Crippen molar-refractivity contribution in [1.82, 2.24) is 10.3 Å². The molecule has 2 aromatic rings. The van der Waals surface area contributed by atoms with Crippen LogP contribution in [0.5, 0.6) is 11.5 Å². The van der Waals surface area contributed by atoms with E-state index < -0.39 is 15.9 Å². The Morgan fingerprint density at radius 1 is 1.03 bits per heavy atom. The second kappa shape index (κ2) is 8.50. The Balaban J connectivity index is 1.69. The molecule has 0 radical (unpaired) electrons. The fraction of sp³-hybridized carbons (Fsp3) is 0.263. The molecule has 0 saturated carbocycles. The van der Waals surface area contributed by atoms with Gasteiger partial charge in [0, 0.05) is 30.3 Å². The molecule has 9 nitrogen and oxygen atoms in total. The van der Waals surface area contributed by atoms with Crippen LogP contribution >= 0.6 is 0 Å². The number of sulfonamides is 1. The number of anilines is 1. The average Bonchev–Trinajstić information content (AvgIpc) is 3.17. The van der Waals surface area contributed by atoms with Crippen LogP contribution in [0, 0.1) is 0 Å². The van der Waals surface area contributed by atoms with E-state index in [2.05, 4.69) is 10.3 Å². The number of benzene rings is 2. The molecule has 0 aromatic heterocycles. The van der Waals surface area contributed by atoms with Gasteiger partial charge < -0.3 is 14.4 Å². The van der Waals surface area contributed by atoms with Gasteiger partial charge in [0.15, 0.2) is 0 Å². The van der Waals surface area contributed by atoms with E-state index in [1.807, 2.05) is 0 Å². The maximum atomic E-state index is 12.5. The summed E-state index contributed by atoms with van der Waals surface area (Å²) in [6.07, 6.45) is 1.27. The molecule has 0 unspecified atom stereocenters. The van der Waals surface area contributed by atoms with Gasteiger partial charge in [-0.1, -0.05) is 0 Å². The third-order valence-corrected chi connectivity index (χ3v) is 5.71. The van der Waals surface area contributed by atoms with Gasteiger partial charge in [-0.3, -0.25) is 15.0 Å². The zero-order valence-corrected chi connectivity index (χ0v) is 16.8. The number of methoxy groups -OCH3 is 2. The molecule has 0 aliphatic carbocycles. The molecule has 0 atom stereocenters. The highest BCUT2D eigenvalue weighted by atomic mass is 32.2. The van der Waals surface area contributed by atoms with Gasteiger partial charge in [-0.25, -0.2) is 8.42 Å². The van der Waals surface area contributed by atoms with Gasteiger partial charge >= 0.3 is 0 Å². The quantitative estimate of drug-likeness (QED) is 0.657. The molecule has 29 heavy (non-hydrogen) atoms. The molecule has 2 N–H and O–H groups in total. The molecule has 1 fully saturated rings. The second-order valence-corrected chi connectivity index (χ2v) is 7.99. The van der Waals surface area contributed by atoms with Gasteiger partial charge in [-0.15, -0.1) is 4.83 Å². The zero-order valence-electron chi connectivity index (χ0n) is 16.0. The highest BCUT2D eigenvalue weighted by molar-refractivity contribution is 7.89. The zero-order chi connectivity index (χ0) is 21.0. The number of hydrogen-bond acceptors (Lipinski definition) is 6. The van der Waals surface area contributed by atoms with Crippen LogP contribution < -0.4 is 24.6 Å². The summed E-state index contributed by atoms with van der Waals surface area (Å²) in [5.74, 6) is 0.124. The summed E-state index contributed by atoms with van der Waals surface area (Å²) in [4.78, 5) is 27.7. The lowest BCUT2D eigenvalue weighted by atomic mass is 10.2. The first kappa shape index (κ1) is 20.6. The van der Waals surface area contributed by atoms with E-state index in [1.165, 1.54) is 38.5 Å². The molecule has 2 aromatic carbocycles. The van der Waals surface area contributed by atoms with Gasteiger partial charge in [-0.05, 0) is 42.8 Å². The number of rotatable bonds is 7. The van der Waals surface area contributed by atoms with Crippen LogP contribution in [0.15, 0.2) is 47.4 Å². The maximum Gasteiger partial charge on any atom is 0.266 e. The van der Waals surface area contributed by atoms with Crippen molar-refractivity contribution in [2.75, 3.05) is 25.7 Å². The molecule has 1 heterocycles. The van der Waals surface area contributed by atoms with Crippen LogP contribution in [0.2, 0.25) is 0 Å². The molecular formula is C19H21N3O6S. The first-order valence-corrected chi connectivity index (χ1v) is 10.3. The van der Waals surface area contributed by atoms with Crippen molar-refractivity contribution in [1.29, 1.82) is 0 Å². The lowest BCUT2D eigenvalue weighted by Gasteiger charge is -2.16. The summed E-state index contributed by atoms with van der Waals surface area (Å²) in [5, 5.41) is 0. The van der Waals surface area contributed by atoms with Crippen LogP contribution in [0.3, 0.4) is 0 Å². The van der Waals surface area contributed by atoms with Gasteiger partial charge in [-0.2, -0.15) is 0 Å². The summed E-state index contributed by atoms with van der Waals surface area (Å²) in [6, 6.07) is 10.4. The van der Waals surface area contributed by atoms with Crippen LogP contribution in [0.25, 0.3) is 0 Å². The summed E-state index contributed by atoms with van der Waals surface area (Å²) in [5.41, 5.74) is 2.96. The fourth-order valence-electron chi connectivity index (χ4n) is 2.91. The van der Waals surface area contributed by atoms with E-state index in [0.717, 1.165) is 6.42 Å². The van der Waals surface area contributed by atoms with Crippen molar-refractivity contribution >= 4 is 27.5 Å². The molecule has 1 saturated heterocycles. The number of hydrogen-bond donors (Lipinski definition) is 2. The number of ether oxygens (including phenoxy) is 2. The molecule has 1 aliphatic heterocycles. The molecule has 0 bridgehead atoms. The number of amides is 2. The van der Waals surface area contributed by atoms with Crippen molar-refractivity contribution in [2.24, 2.45) is 0 Å². The van der Waals surface area contributed by atoms with Crippen LogP contribution in [-0.2, 0) is 14.8 Å². The normalized spacial score (nSPS) is 14.0. The number of carbonyl (C=O) groups is 2. The minimum absolute atomic E-state index is 0.0136. The molecule has 10 heteroatoms. The van der Waals surface area contributed by atoms with Crippen molar-refractivity contribution < 1.29 is 27.5 Å². The Morgan fingerprint density at radius 2 is 1.66 bits per heavy atom.